The third-order valence-electron chi connectivity index (χ3n) is 4.06. The zero-order chi connectivity index (χ0) is 16.9. The lowest BCUT2D eigenvalue weighted by molar-refractivity contribution is 0.0532. The summed E-state index contributed by atoms with van der Waals surface area (Å²) >= 11 is 0. The fourth-order valence-corrected chi connectivity index (χ4v) is 2.71. The van der Waals surface area contributed by atoms with Gasteiger partial charge < -0.3 is 24.8 Å². The van der Waals surface area contributed by atoms with Crippen molar-refractivity contribution in [2.45, 2.75) is 19.6 Å². The molecule has 0 bridgehead atoms. The number of hydrogen-bond acceptors (Lipinski definition) is 4. The third-order valence-corrected chi connectivity index (χ3v) is 4.06. The van der Waals surface area contributed by atoms with Crippen LogP contribution in [0.4, 0.5) is 16.2 Å². The summed E-state index contributed by atoms with van der Waals surface area (Å²) in [6.07, 6.45) is 3.80. The Balaban J connectivity index is 1.52. The van der Waals surface area contributed by atoms with Crippen molar-refractivity contribution in [3.05, 3.63) is 42.5 Å². The molecule has 0 aliphatic carbocycles. The van der Waals surface area contributed by atoms with Crippen molar-refractivity contribution in [2.75, 3.05) is 29.9 Å². The maximum atomic E-state index is 12.0. The Morgan fingerprint density at radius 1 is 1.38 bits per heavy atom. The van der Waals surface area contributed by atoms with E-state index in [0.717, 1.165) is 36.9 Å². The highest BCUT2D eigenvalue weighted by atomic mass is 16.5. The Labute approximate surface area is 141 Å². The molecule has 1 aliphatic rings. The van der Waals surface area contributed by atoms with E-state index in [4.69, 9.17) is 4.74 Å². The van der Waals surface area contributed by atoms with E-state index in [0.29, 0.717) is 6.54 Å². The first-order valence-corrected chi connectivity index (χ1v) is 8.09. The van der Waals surface area contributed by atoms with E-state index in [-0.39, 0.29) is 12.1 Å². The van der Waals surface area contributed by atoms with Crippen molar-refractivity contribution in [2.24, 2.45) is 7.05 Å². The minimum atomic E-state index is -0.245. The van der Waals surface area contributed by atoms with Gasteiger partial charge in [0.1, 0.15) is 5.82 Å². The maximum Gasteiger partial charge on any atom is 0.319 e. The molecular weight excluding hydrogens is 306 g/mol. The highest BCUT2D eigenvalue weighted by molar-refractivity contribution is 5.89. The minimum Gasteiger partial charge on any atom is -0.375 e. The summed E-state index contributed by atoms with van der Waals surface area (Å²) in [6, 6.07) is 7.62. The molecule has 2 amide bonds. The van der Waals surface area contributed by atoms with E-state index in [2.05, 4.69) is 27.4 Å². The SMILES string of the molecule is C[C@H]1CN(c2ccc(NC(=O)NCc3nccn3C)cc2)CCO1. The molecule has 1 aromatic carbocycles. The van der Waals surface area contributed by atoms with Crippen LogP contribution < -0.4 is 15.5 Å². The summed E-state index contributed by atoms with van der Waals surface area (Å²) in [4.78, 5) is 18.4. The van der Waals surface area contributed by atoms with Crippen molar-refractivity contribution < 1.29 is 9.53 Å². The summed E-state index contributed by atoms with van der Waals surface area (Å²) in [7, 11) is 1.90. The molecule has 24 heavy (non-hydrogen) atoms. The average Bonchev–Trinajstić information content (AvgIpc) is 2.99. The van der Waals surface area contributed by atoms with Crippen LogP contribution in [0.3, 0.4) is 0 Å². The van der Waals surface area contributed by atoms with Crippen LogP contribution >= 0.6 is 0 Å². The van der Waals surface area contributed by atoms with Crippen molar-refractivity contribution in [3.8, 4) is 0 Å². The van der Waals surface area contributed by atoms with Crippen LogP contribution in [0, 0.1) is 0 Å². The number of imidazole rings is 1. The smallest absolute Gasteiger partial charge is 0.319 e. The summed E-state index contributed by atoms with van der Waals surface area (Å²) in [5.74, 6) is 0.807. The number of rotatable bonds is 4. The first kappa shape index (κ1) is 16.3. The number of amides is 2. The molecule has 3 rings (SSSR count). The first-order chi connectivity index (χ1) is 11.6. The summed E-state index contributed by atoms with van der Waals surface area (Å²) in [5.41, 5.74) is 1.90. The molecule has 0 saturated carbocycles. The minimum absolute atomic E-state index is 0.244. The molecule has 1 aliphatic heterocycles. The Hall–Kier alpha value is -2.54. The van der Waals surface area contributed by atoms with Crippen molar-refractivity contribution >= 4 is 17.4 Å². The second-order valence-corrected chi connectivity index (χ2v) is 5.94. The fraction of sp³-hybridized carbons (Fsp3) is 0.412. The molecule has 7 heteroatoms. The highest BCUT2D eigenvalue weighted by Gasteiger charge is 2.16. The molecule has 1 saturated heterocycles. The van der Waals surface area contributed by atoms with Gasteiger partial charge in [-0.15, -0.1) is 0 Å². The fourth-order valence-electron chi connectivity index (χ4n) is 2.71. The number of aromatic nitrogens is 2. The van der Waals surface area contributed by atoms with Gasteiger partial charge in [0, 0.05) is 43.9 Å². The second-order valence-electron chi connectivity index (χ2n) is 5.94. The number of nitrogens with one attached hydrogen (secondary N) is 2. The van der Waals surface area contributed by atoms with Crippen LogP contribution in [-0.4, -0.2) is 41.4 Å². The number of hydrogen-bond donors (Lipinski definition) is 2. The second kappa shape index (κ2) is 7.35. The largest absolute Gasteiger partial charge is 0.375 e. The number of carbonyl (C=O) groups excluding carboxylic acids is 1. The Morgan fingerprint density at radius 3 is 2.83 bits per heavy atom. The molecule has 0 spiro atoms. The van der Waals surface area contributed by atoms with E-state index >= 15 is 0 Å². The average molecular weight is 329 g/mol. The number of ether oxygens (including phenoxy) is 1. The van der Waals surface area contributed by atoms with Gasteiger partial charge in [-0.3, -0.25) is 0 Å². The van der Waals surface area contributed by atoms with Crippen LogP contribution in [0.1, 0.15) is 12.7 Å². The van der Waals surface area contributed by atoms with Gasteiger partial charge in [0.15, 0.2) is 0 Å². The molecule has 2 heterocycles. The summed E-state index contributed by atoms with van der Waals surface area (Å²) in [5, 5.41) is 5.63. The van der Waals surface area contributed by atoms with Gasteiger partial charge in [-0.25, -0.2) is 9.78 Å². The van der Waals surface area contributed by atoms with Crippen LogP contribution in [0.5, 0.6) is 0 Å². The predicted octanol–water partition coefficient (Wildman–Crippen LogP) is 1.97. The highest BCUT2D eigenvalue weighted by Crippen LogP contribution is 2.20. The molecule has 0 radical (unpaired) electrons. The maximum absolute atomic E-state index is 12.0. The number of carbonyl (C=O) groups is 1. The molecule has 128 valence electrons. The van der Waals surface area contributed by atoms with Gasteiger partial charge in [0.25, 0.3) is 0 Å². The van der Waals surface area contributed by atoms with Crippen LogP contribution in [0.25, 0.3) is 0 Å². The van der Waals surface area contributed by atoms with E-state index in [9.17, 15) is 4.79 Å². The molecule has 1 atom stereocenters. The van der Waals surface area contributed by atoms with Crippen molar-refractivity contribution in [1.82, 2.24) is 14.9 Å². The van der Waals surface area contributed by atoms with Gasteiger partial charge >= 0.3 is 6.03 Å². The molecule has 1 fully saturated rings. The van der Waals surface area contributed by atoms with Crippen molar-refractivity contribution in [1.29, 1.82) is 0 Å². The lowest BCUT2D eigenvalue weighted by Crippen LogP contribution is -2.41. The number of aryl methyl sites for hydroxylation is 1. The number of anilines is 2. The van der Waals surface area contributed by atoms with Crippen LogP contribution in [-0.2, 0) is 18.3 Å². The molecule has 0 unspecified atom stereocenters. The zero-order valence-corrected chi connectivity index (χ0v) is 14.0. The van der Waals surface area contributed by atoms with E-state index in [1.165, 1.54) is 0 Å². The van der Waals surface area contributed by atoms with Crippen LogP contribution in [0.15, 0.2) is 36.7 Å². The van der Waals surface area contributed by atoms with Gasteiger partial charge in [-0.2, -0.15) is 0 Å². The Morgan fingerprint density at radius 2 is 2.17 bits per heavy atom. The van der Waals surface area contributed by atoms with Gasteiger partial charge in [-0.1, -0.05) is 0 Å². The van der Waals surface area contributed by atoms with E-state index in [1.807, 2.05) is 42.1 Å². The van der Waals surface area contributed by atoms with Crippen LogP contribution in [0.2, 0.25) is 0 Å². The van der Waals surface area contributed by atoms with Gasteiger partial charge in [0.05, 0.1) is 19.3 Å². The monoisotopic (exact) mass is 329 g/mol. The van der Waals surface area contributed by atoms with E-state index < -0.39 is 0 Å². The number of benzene rings is 1. The van der Waals surface area contributed by atoms with E-state index in [1.54, 1.807) is 6.20 Å². The Bertz CT molecular complexity index is 683. The lowest BCUT2D eigenvalue weighted by atomic mass is 10.2. The normalized spacial score (nSPS) is 17.6. The number of urea groups is 1. The standard InChI is InChI=1S/C17H23N5O2/c1-13-12-22(9-10-24-13)15-5-3-14(4-6-15)20-17(23)19-11-16-18-7-8-21(16)2/h3-8,13H,9-12H2,1-2H3,(H2,19,20,23)/t13-/m0/s1. The van der Waals surface area contributed by atoms with Gasteiger partial charge in [-0.05, 0) is 31.2 Å². The molecular formula is C17H23N5O2. The number of morpholine rings is 1. The quantitative estimate of drug-likeness (QED) is 0.899. The first-order valence-electron chi connectivity index (χ1n) is 8.09. The topological polar surface area (TPSA) is 71.4 Å². The lowest BCUT2D eigenvalue weighted by Gasteiger charge is -2.33. The summed E-state index contributed by atoms with van der Waals surface area (Å²) in [6.45, 7) is 4.99. The predicted molar refractivity (Wildman–Crippen MR) is 93.1 cm³/mol. The molecule has 2 aromatic rings. The van der Waals surface area contributed by atoms with Crippen molar-refractivity contribution in [3.63, 3.8) is 0 Å². The Kier molecular flexibility index (Phi) is 5.00. The molecule has 2 N–H and O–H groups in total. The number of nitrogens with zero attached hydrogens (tertiary/aromatic N) is 3. The summed E-state index contributed by atoms with van der Waals surface area (Å²) < 4.78 is 7.43. The van der Waals surface area contributed by atoms with Gasteiger partial charge in [0.2, 0.25) is 0 Å². The zero-order valence-electron chi connectivity index (χ0n) is 14.0. The molecule has 1 aromatic heterocycles. The molecule has 7 nitrogen and oxygen atoms in total. The third kappa shape index (κ3) is 4.05.